The molecule has 3 aromatic rings. The third-order valence-electron chi connectivity index (χ3n) is 7.64. The summed E-state index contributed by atoms with van der Waals surface area (Å²) in [5, 5.41) is 20.3. The second-order valence-electron chi connectivity index (χ2n) is 12.0. The van der Waals surface area contributed by atoms with Gasteiger partial charge in [0.15, 0.2) is 0 Å². The fraction of sp³-hybridized carbons (Fsp3) is 0.485. The van der Waals surface area contributed by atoms with Gasteiger partial charge < -0.3 is 15.3 Å². The number of amides is 3. The van der Waals surface area contributed by atoms with E-state index in [1.807, 2.05) is 50.2 Å². The smallest absolute Gasteiger partial charge is 0.407 e. The summed E-state index contributed by atoms with van der Waals surface area (Å²) < 4.78 is 1.76. The van der Waals surface area contributed by atoms with Crippen molar-refractivity contribution in [2.75, 3.05) is 17.7 Å². The third kappa shape index (κ3) is 9.60. The molecule has 43 heavy (non-hydrogen) atoms. The largest absolute Gasteiger partial charge is 0.465 e. The van der Waals surface area contributed by atoms with Crippen molar-refractivity contribution >= 4 is 33.9 Å². The number of aryl methyl sites for hydroxylation is 1. The second-order valence-corrected chi connectivity index (χ2v) is 13.1. The standard InChI is InChI=1S/C16H22N4O.C15H19NO2.C2H5Br.Rf/c1-11-6-8-12(9-7-11)20-14(18-15(21)17-5)10-13(19-20)16(2,3)4;17-15(18)16-13-6-7-14(16)10-12(9-13)8-11-4-2-1-3-5-11;1-2-3;/h6-10H,1-5H3,(H2,17,18,21);1-5,12-14H,6-10H2,(H,17,18);2H2,1H3;/t;12?,13-,14?;;/m.1../s1. The number of urea groups is 1. The Labute approximate surface area is 259 Å². The van der Waals surface area contributed by atoms with Crippen molar-refractivity contribution in [1.29, 1.82) is 0 Å². The zero-order chi connectivity index (χ0) is 30.9. The van der Waals surface area contributed by atoms with Crippen LogP contribution in [0.3, 0.4) is 0 Å². The molecule has 230 valence electrons. The summed E-state index contributed by atoms with van der Waals surface area (Å²) >= 11 is 3.15. The Kier molecular flexibility index (Phi) is 12.8. The van der Waals surface area contributed by atoms with E-state index in [4.69, 9.17) is 0 Å². The fourth-order valence-electron chi connectivity index (χ4n) is 5.61. The number of benzene rings is 2. The van der Waals surface area contributed by atoms with E-state index >= 15 is 0 Å². The van der Waals surface area contributed by atoms with Crippen LogP contribution in [0.4, 0.5) is 15.4 Å². The minimum atomic E-state index is -0.722. The fourth-order valence-corrected chi connectivity index (χ4v) is 5.61. The van der Waals surface area contributed by atoms with Crippen LogP contribution >= 0.6 is 15.9 Å². The molecule has 3 atom stereocenters. The van der Waals surface area contributed by atoms with Crippen LogP contribution < -0.4 is 10.6 Å². The number of carbonyl (C=O) groups is 2. The van der Waals surface area contributed by atoms with Crippen LogP contribution in [0.1, 0.15) is 70.2 Å². The molecule has 2 aliphatic heterocycles. The average Bonchev–Trinajstić information content (AvgIpc) is 3.49. The normalized spacial score (nSPS) is 18.7. The number of fused-ring (bicyclic) bond motifs is 2. The van der Waals surface area contributed by atoms with E-state index in [0.717, 1.165) is 48.8 Å². The van der Waals surface area contributed by atoms with Crippen LogP contribution in [0.2, 0.25) is 0 Å². The van der Waals surface area contributed by atoms with Gasteiger partial charge in [-0.1, -0.05) is 91.7 Å². The van der Waals surface area contributed by atoms with Gasteiger partial charge in [0.05, 0.1) is 11.4 Å². The number of alkyl halides is 1. The Morgan fingerprint density at radius 3 is 2.07 bits per heavy atom. The predicted octanol–water partition coefficient (Wildman–Crippen LogP) is 7.78. The van der Waals surface area contributed by atoms with Crippen molar-refractivity contribution in [2.24, 2.45) is 5.92 Å². The van der Waals surface area contributed by atoms with Crippen molar-refractivity contribution in [3.05, 3.63) is 77.5 Å². The summed E-state index contributed by atoms with van der Waals surface area (Å²) in [5.74, 6) is 1.31. The first-order chi connectivity index (χ1) is 20.0. The van der Waals surface area contributed by atoms with Gasteiger partial charge in [0.2, 0.25) is 0 Å². The van der Waals surface area contributed by atoms with Crippen molar-refractivity contribution < 1.29 is 14.7 Å². The molecule has 2 bridgehead atoms. The van der Waals surface area contributed by atoms with Gasteiger partial charge in [-0.05, 0) is 62.6 Å². The molecule has 2 aromatic carbocycles. The van der Waals surface area contributed by atoms with Crippen molar-refractivity contribution in [2.45, 2.75) is 84.2 Å². The number of nitrogens with one attached hydrogen (secondary N) is 2. The molecule has 2 unspecified atom stereocenters. The van der Waals surface area contributed by atoms with Crippen LogP contribution in [-0.4, -0.2) is 56.4 Å². The summed E-state index contributed by atoms with van der Waals surface area (Å²) in [7, 11) is 1.59. The van der Waals surface area contributed by atoms with Crippen LogP contribution in [0.15, 0.2) is 60.7 Å². The molecular weight excluding hydrogens is 861 g/mol. The molecule has 1 aromatic heterocycles. The molecule has 3 N–H and O–H groups in total. The molecule has 0 radical (unpaired) electrons. The molecule has 3 amide bonds. The molecule has 0 saturated carbocycles. The van der Waals surface area contributed by atoms with Gasteiger partial charge in [-0.15, -0.1) is 0 Å². The minimum Gasteiger partial charge on any atom is -0.465 e. The number of carboxylic acid groups (broad SMARTS) is 1. The minimum absolute atomic E-state index is 0. The summed E-state index contributed by atoms with van der Waals surface area (Å²) in [6.07, 6.45) is 4.57. The first kappa shape index (κ1) is 34.9. The SMILES string of the molecule is CCBr.CNC(=O)Nc1cc(C(C)(C)C)nn1-c1ccc(C)cc1.O=C(O)N1C2CC[C@@H]1CC(Cc1ccccc1)C2.[Rf]. The molecule has 2 fully saturated rings. The molecule has 2 aliphatic rings. The molecule has 0 aliphatic carbocycles. The number of rotatable bonds is 4. The van der Waals surface area contributed by atoms with Crippen molar-refractivity contribution in [3.8, 4) is 5.69 Å². The number of anilines is 1. The average molecular weight is 908 g/mol. The van der Waals surface area contributed by atoms with Crippen LogP contribution in [0.5, 0.6) is 0 Å². The number of hydrogen-bond donors (Lipinski definition) is 3. The van der Waals surface area contributed by atoms with E-state index in [0.29, 0.717) is 11.7 Å². The van der Waals surface area contributed by atoms with E-state index in [9.17, 15) is 14.7 Å². The molecule has 5 rings (SSSR count). The molecule has 10 heteroatoms. The first-order valence-electron chi connectivity index (χ1n) is 14.7. The zero-order valence-corrected chi connectivity index (χ0v) is 34.4. The number of carbonyl (C=O) groups excluding carboxylic acids is 1. The summed E-state index contributed by atoms with van der Waals surface area (Å²) in [5.41, 5.74) is 4.32. The van der Waals surface area contributed by atoms with Gasteiger partial charge in [0, 0.05) is 35.9 Å². The molecule has 2 saturated heterocycles. The van der Waals surface area contributed by atoms with Crippen molar-refractivity contribution in [1.82, 2.24) is 20.0 Å². The Balaban J connectivity index is 0.000000271. The molecule has 3 heterocycles. The molecule has 0 spiro atoms. The van der Waals surface area contributed by atoms with E-state index < -0.39 is 6.09 Å². The van der Waals surface area contributed by atoms with Gasteiger partial charge >= 0.3 is 12.1 Å². The van der Waals surface area contributed by atoms with Crippen LogP contribution in [0.25, 0.3) is 5.69 Å². The maximum Gasteiger partial charge on any atom is 0.407 e. The van der Waals surface area contributed by atoms with Crippen LogP contribution in [-0.2, 0) is 11.8 Å². The monoisotopic (exact) mass is 906 g/mol. The zero-order valence-electron chi connectivity index (χ0n) is 26.4. The number of hydrogen-bond acceptors (Lipinski definition) is 3. The topological polar surface area (TPSA) is 99.5 Å². The number of piperidine rings is 1. The number of nitrogens with zero attached hydrogens (tertiary/aromatic N) is 3. The Hall–Kier alpha value is -4.33. The summed E-state index contributed by atoms with van der Waals surface area (Å²) in [4.78, 5) is 24.5. The maximum atomic E-state index is 11.6. The van der Waals surface area contributed by atoms with Crippen molar-refractivity contribution in [3.63, 3.8) is 0 Å². The van der Waals surface area contributed by atoms with E-state index in [1.54, 1.807) is 16.6 Å². The van der Waals surface area contributed by atoms with E-state index in [-0.39, 0.29) is 23.5 Å². The quantitative estimate of drug-likeness (QED) is 0.233. The van der Waals surface area contributed by atoms with Crippen LogP contribution in [0, 0.1) is 12.8 Å². The van der Waals surface area contributed by atoms with Gasteiger partial charge in [0.1, 0.15) is 5.82 Å². The van der Waals surface area contributed by atoms with Gasteiger partial charge in [-0.3, -0.25) is 5.32 Å². The van der Waals surface area contributed by atoms with Gasteiger partial charge in [-0.2, -0.15) is 5.10 Å². The maximum absolute atomic E-state index is 11.6. The predicted molar refractivity (Wildman–Crippen MR) is 174 cm³/mol. The Bertz CT molecular complexity index is 1280. The Morgan fingerprint density at radius 1 is 1.02 bits per heavy atom. The van der Waals surface area contributed by atoms with Gasteiger partial charge in [-0.25, -0.2) is 14.3 Å². The first-order valence-corrected chi connectivity index (χ1v) is 15.9. The van der Waals surface area contributed by atoms with Gasteiger partial charge in [0.25, 0.3) is 0 Å². The summed E-state index contributed by atoms with van der Waals surface area (Å²) in [6, 6.07) is 20.8. The summed E-state index contributed by atoms with van der Waals surface area (Å²) in [6.45, 7) is 10.4. The Morgan fingerprint density at radius 2 is 1.58 bits per heavy atom. The number of aromatic nitrogens is 2. The number of halogens is 1. The van der Waals surface area contributed by atoms with E-state index in [2.05, 4.69) is 76.7 Å². The van der Waals surface area contributed by atoms with E-state index in [1.165, 1.54) is 11.1 Å². The molecular formula is C33H46BrN5O3Rf. The molecule has 8 nitrogen and oxygen atoms in total. The second kappa shape index (κ2) is 15.8. The third-order valence-corrected chi connectivity index (χ3v) is 7.64.